The van der Waals surface area contributed by atoms with Gasteiger partial charge in [0.2, 0.25) is 0 Å². The van der Waals surface area contributed by atoms with Crippen molar-refractivity contribution in [2.45, 2.75) is 32.3 Å². The van der Waals surface area contributed by atoms with Crippen molar-refractivity contribution in [3.05, 3.63) is 41.8 Å². The molecular weight excluding hydrogens is 360 g/mol. The summed E-state index contributed by atoms with van der Waals surface area (Å²) in [5.74, 6) is -0.371. The summed E-state index contributed by atoms with van der Waals surface area (Å²) in [4.78, 5) is 30.7. The summed E-state index contributed by atoms with van der Waals surface area (Å²) in [6.07, 6.45) is 3.46. The van der Waals surface area contributed by atoms with Crippen LogP contribution in [0, 0.1) is 18.8 Å². The van der Waals surface area contributed by atoms with Gasteiger partial charge >= 0.3 is 5.97 Å². The van der Waals surface area contributed by atoms with Crippen LogP contribution in [0.2, 0.25) is 0 Å². The average Bonchev–Trinajstić information content (AvgIpc) is 3.39. The highest BCUT2D eigenvalue weighted by Gasteiger charge is 2.40. The molecule has 0 aliphatic carbocycles. The van der Waals surface area contributed by atoms with Gasteiger partial charge in [0, 0.05) is 19.7 Å². The van der Waals surface area contributed by atoms with E-state index in [1.807, 2.05) is 17.9 Å². The maximum Gasteiger partial charge on any atom is 0.309 e. The number of furan rings is 1. The van der Waals surface area contributed by atoms with E-state index in [2.05, 4.69) is 4.98 Å². The molecule has 1 amide bonds. The van der Waals surface area contributed by atoms with Gasteiger partial charge in [0.1, 0.15) is 5.69 Å². The monoisotopic (exact) mass is 384 g/mol. The second kappa shape index (κ2) is 7.75. The molecule has 4 heterocycles. The first-order chi connectivity index (χ1) is 13.5. The fourth-order valence-electron chi connectivity index (χ4n) is 4.29. The number of aryl methyl sites for hydroxylation is 1. The number of nitrogens with zero attached hydrogens (tertiary/aromatic N) is 2. The second-order valence-corrected chi connectivity index (χ2v) is 7.51. The Morgan fingerprint density at radius 3 is 2.61 bits per heavy atom. The zero-order valence-corrected chi connectivity index (χ0v) is 15.8. The van der Waals surface area contributed by atoms with Crippen molar-refractivity contribution < 1.29 is 23.8 Å². The topological polar surface area (TPSA) is 92.9 Å². The first-order valence-electron chi connectivity index (χ1n) is 9.70. The molecule has 2 saturated heterocycles. The third kappa shape index (κ3) is 3.54. The zero-order valence-electron chi connectivity index (χ0n) is 15.8. The fourth-order valence-corrected chi connectivity index (χ4v) is 4.29. The van der Waals surface area contributed by atoms with Crippen LogP contribution in [0.4, 0.5) is 0 Å². The number of aliphatic carboxylic acids is 1. The van der Waals surface area contributed by atoms with Gasteiger partial charge in [-0.25, -0.2) is 4.98 Å². The van der Waals surface area contributed by atoms with Crippen molar-refractivity contribution in [1.29, 1.82) is 0 Å². The lowest BCUT2D eigenvalue weighted by molar-refractivity contribution is -0.145. The van der Waals surface area contributed by atoms with E-state index in [1.165, 1.54) is 0 Å². The molecular formula is C21H24N2O5. The lowest BCUT2D eigenvalue weighted by Gasteiger charge is -2.35. The summed E-state index contributed by atoms with van der Waals surface area (Å²) in [6, 6.07) is 7.24. The predicted molar refractivity (Wildman–Crippen MR) is 101 cm³/mol. The van der Waals surface area contributed by atoms with E-state index in [0.29, 0.717) is 48.8 Å². The molecule has 2 atom stereocenters. The largest absolute Gasteiger partial charge is 0.481 e. The van der Waals surface area contributed by atoms with Crippen LogP contribution in [0.25, 0.3) is 11.5 Å². The van der Waals surface area contributed by atoms with Crippen molar-refractivity contribution in [1.82, 2.24) is 9.88 Å². The summed E-state index contributed by atoms with van der Waals surface area (Å²) in [6.45, 7) is 3.55. The molecule has 2 aromatic heterocycles. The maximum absolute atomic E-state index is 13.0. The van der Waals surface area contributed by atoms with Gasteiger partial charge in [0.05, 0.1) is 29.5 Å². The number of amides is 1. The number of rotatable bonds is 4. The maximum atomic E-state index is 13.0. The quantitative estimate of drug-likeness (QED) is 0.871. The number of carboxylic acids is 1. The molecule has 4 rings (SSSR count). The lowest BCUT2D eigenvalue weighted by Crippen LogP contribution is -2.43. The number of pyridine rings is 1. The van der Waals surface area contributed by atoms with Crippen LogP contribution in [-0.4, -0.2) is 52.7 Å². The number of likely N-dealkylation sites (tertiary alicyclic amines) is 1. The molecule has 0 radical (unpaired) electrons. The SMILES string of the molecule is Cc1nc(-c2ccco2)ccc1C(=O)N1CCC([C@@H]2OCCC2C(=O)O)CC1. The molecule has 28 heavy (non-hydrogen) atoms. The van der Waals surface area contributed by atoms with E-state index < -0.39 is 11.9 Å². The van der Waals surface area contributed by atoms with Gasteiger partial charge < -0.3 is 19.2 Å². The van der Waals surface area contributed by atoms with Crippen LogP contribution < -0.4 is 0 Å². The van der Waals surface area contributed by atoms with Gasteiger partial charge in [-0.2, -0.15) is 0 Å². The Hall–Kier alpha value is -2.67. The third-order valence-corrected chi connectivity index (χ3v) is 5.83. The molecule has 1 N–H and O–H groups in total. The number of aromatic nitrogens is 1. The van der Waals surface area contributed by atoms with E-state index >= 15 is 0 Å². The number of carboxylic acid groups (broad SMARTS) is 1. The smallest absolute Gasteiger partial charge is 0.309 e. The number of hydrogen-bond donors (Lipinski definition) is 1. The molecule has 2 fully saturated rings. The number of piperidine rings is 1. The molecule has 0 aromatic carbocycles. The fraction of sp³-hybridized carbons (Fsp3) is 0.476. The minimum atomic E-state index is -0.778. The van der Waals surface area contributed by atoms with Crippen LogP contribution in [0.15, 0.2) is 34.9 Å². The summed E-state index contributed by atoms with van der Waals surface area (Å²) in [5, 5.41) is 9.37. The highest BCUT2D eigenvalue weighted by molar-refractivity contribution is 5.95. The summed E-state index contributed by atoms with van der Waals surface area (Å²) in [5.41, 5.74) is 1.97. The van der Waals surface area contributed by atoms with Crippen LogP contribution >= 0.6 is 0 Å². The molecule has 1 unspecified atom stereocenters. The van der Waals surface area contributed by atoms with Crippen molar-refractivity contribution in [3.63, 3.8) is 0 Å². The van der Waals surface area contributed by atoms with E-state index in [0.717, 1.165) is 12.8 Å². The van der Waals surface area contributed by atoms with Gasteiger partial charge in [0.15, 0.2) is 5.76 Å². The Bertz CT molecular complexity index is 856. The molecule has 2 aromatic rings. The molecule has 0 saturated carbocycles. The Morgan fingerprint density at radius 2 is 1.96 bits per heavy atom. The summed E-state index contributed by atoms with van der Waals surface area (Å²) < 4.78 is 11.1. The third-order valence-electron chi connectivity index (χ3n) is 5.83. The Labute approximate surface area is 163 Å². The summed E-state index contributed by atoms with van der Waals surface area (Å²) in [7, 11) is 0. The van der Waals surface area contributed by atoms with Gasteiger partial charge in [-0.1, -0.05) is 0 Å². The highest BCUT2D eigenvalue weighted by atomic mass is 16.5. The van der Waals surface area contributed by atoms with Crippen molar-refractivity contribution in [3.8, 4) is 11.5 Å². The zero-order chi connectivity index (χ0) is 19.7. The van der Waals surface area contributed by atoms with E-state index in [9.17, 15) is 14.7 Å². The number of carbonyl (C=O) groups is 2. The van der Waals surface area contributed by atoms with E-state index in [-0.39, 0.29) is 17.9 Å². The molecule has 2 aliphatic heterocycles. The Kier molecular flexibility index (Phi) is 5.17. The average molecular weight is 384 g/mol. The van der Waals surface area contributed by atoms with Crippen molar-refractivity contribution in [2.75, 3.05) is 19.7 Å². The van der Waals surface area contributed by atoms with Crippen LogP contribution in [0.5, 0.6) is 0 Å². The van der Waals surface area contributed by atoms with Gasteiger partial charge in [-0.15, -0.1) is 0 Å². The molecule has 2 aliphatic rings. The molecule has 7 nitrogen and oxygen atoms in total. The van der Waals surface area contributed by atoms with Crippen LogP contribution in [0.1, 0.15) is 35.3 Å². The molecule has 148 valence electrons. The molecule has 0 bridgehead atoms. The van der Waals surface area contributed by atoms with Gasteiger partial charge in [0.25, 0.3) is 5.91 Å². The Morgan fingerprint density at radius 1 is 1.18 bits per heavy atom. The number of carbonyl (C=O) groups excluding carboxylic acids is 1. The van der Waals surface area contributed by atoms with Crippen molar-refractivity contribution >= 4 is 11.9 Å². The summed E-state index contributed by atoms with van der Waals surface area (Å²) >= 11 is 0. The first-order valence-corrected chi connectivity index (χ1v) is 9.70. The standard InChI is InChI=1S/C21H24N2O5/c1-13-15(4-5-17(22-13)18-3-2-11-27-18)20(24)23-9-6-14(7-10-23)19-16(21(25)26)8-12-28-19/h2-5,11,14,16,19H,6-10,12H2,1H3,(H,25,26)/t16?,19-/m0/s1. The normalized spacial score (nSPS) is 23.1. The highest BCUT2D eigenvalue weighted by Crippen LogP contribution is 2.33. The van der Waals surface area contributed by atoms with E-state index in [1.54, 1.807) is 24.5 Å². The van der Waals surface area contributed by atoms with Crippen molar-refractivity contribution in [2.24, 2.45) is 11.8 Å². The molecule has 7 heteroatoms. The minimum absolute atomic E-state index is 0.0310. The predicted octanol–water partition coefficient (Wildman–Crippen LogP) is 2.99. The minimum Gasteiger partial charge on any atom is -0.481 e. The number of hydrogen-bond acceptors (Lipinski definition) is 5. The Balaban J connectivity index is 1.41. The van der Waals surface area contributed by atoms with Gasteiger partial charge in [-0.05, 0) is 56.4 Å². The first kappa shape index (κ1) is 18.7. The van der Waals surface area contributed by atoms with Crippen LogP contribution in [0.3, 0.4) is 0 Å². The van der Waals surface area contributed by atoms with Gasteiger partial charge in [-0.3, -0.25) is 9.59 Å². The molecule has 0 spiro atoms. The number of ether oxygens (including phenoxy) is 1. The second-order valence-electron chi connectivity index (χ2n) is 7.51. The van der Waals surface area contributed by atoms with E-state index in [4.69, 9.17) is 9.15 Å². The lowest BCUT2D eigenvalue weighted by atomic mass is 9.84. The van der Waals surface area contributed by atoms with Crippen LogP contribution in [-0.2, 0) is 9.53 Å².